The monoisotopic (exact) mass is 482 g/mol. The molecule has 1 atom stereocenters. The lowest BCUT2D eigenvalue weighted by Crippen LogP contribution is -2.37. The van der Waals surface area contributed by atoms with Crippen molar-refractivity contribution in [2.24, 2.45) is 0 Å². The van der Waals surface area contributed by atoms with Crippen LogP contribution in [-0.4, -0.2) is 75.2 Å². The standard InChI is InChI=1S/C27H38N4O4/c1-20(28(2)3)22-15-21(16-25(17-22)35-27(33)31-13-8-7-9-14-31)19-30(6)23-11-10-12-24(18-23)34-26(32)29(4)5/h10-12,15-18,20H,7-9,13-14,19H2,1-6H3. The second-order valence-electron chi connectivity index (χ2n) is 9.58. The van der Waals surface area contributed by atoms with Crippen molar-refractivity contribution in [1.29, 1.82) is 0 Å². The molecule has 0 aliphatic carbocycles. The molecular weight excluding hydrogens is 444 g/mol. The summed E-state index contributed by atoms with van der Waals surface area (Å²) in [4.78, 5) is 32.0. The Hall–Kier alpha value is -3.26. The molecule has 2 amide bonds. The van der Waals surface area contributed by atoms with E-state index in [1.54, 1.807) is 25.1 Å². The highest BCUT2D eigenvalue weighted by molar-refractivity contribution is 5.71. The van der Waals surface area contributed by atoms with Gasteiger partial charge in [-0.2, -0.15) is 0 Å². The van der Waals surface area contributed by atoms with Crippen molar-refractivity contribution in [3.8, 4) is 11.5 Å². The number of carbonyl (C=O) groups excluding carboxylic acids is 2. The van der Waals surface area contributed by atoms with Crippen LogP contribution in [0.15, 0.2) is 42.5 Å². The maximum atomic E-state index is 12.7. The fraction of sp³-hybridized carbons (Fsp3) is 0.481. The van der Waals surface area contributed by atoms with E-state index in [1.807, 2.05) is 51.5 Å². The number of amides is 2. The lowest BCUT2D eigenvalue weighted by molar-refractivity contribution is 0.142. The van der Waals surface area contributed by atoms with Crippen LogP contribution in [-0.2, 0) is 6.54 Å². The third kappa shape index (κ3) is 7.36. The molecule has 3 rings (SSSR count). The molecule has 0 bridgehead atoms. The molecule has 1 unspecified atom stereocenters. The molecule has 1 heterocycles. The fourth-order valence-electron chi connectivity index (χ4n) is 3.96. The molecule has 0 spiro atoms. The van der Waals surface area contributed by atoms with Gasteiger partial charge in [0.15, 0.2) is 0 Å². The van der Waals surface area contributed by atoms with Crippen LogP contribution in [0.5, 0.6) is 11.5 Å². The van der Waals surface area contributed by atoms with E-state index in [-0.39, 0.29) is 12.1 Å². The van der Waals surface area contributed by atoms with Gasteiger partial charge in [0.25, 0.3) is 0 Å². The van der Waals surface area contributed by atoms with Crippen molar-refractivity contribution in [1.82, 2.24) is 14.7 Å². The molecule has 1 aliphatic rings. The molecule has 1 saturated heterocycles. The molecule has 0 N–H and O–H groups in total. The number of hydrogen-bond acceptors (Lipinski definition) is 6. The van der Waals surface area contributed by atoms with Crippen molar-refractivity contribution >= 4 is 17.9 Å². The summed E-state index contributed by atoms with van der Waals surface area (Å²) < 4.78 is 11.2. The van der Waals surface area contributed by atoms with Gasteiger partial charge in [0, 0.05) is 58.6 Å². The lowest BCUT2D eigenvalue weighted by Gasteiger charge is -2.27. The first-order valence-corrected chi connectivity index (χ1v) is 12.1. The first-order valence-electron chi connectivity index (χ1n) is 12.1. The summed E-state index contributed by atoms with van der Waals surface area (Å²) in [6, 6.07) is 13.6. The molecule has 35 heavy (non-hydrogen) atoms. The maximum absolute atomic E-state index is 12.7. The number of benzene rings is 2. The van der Waals surface area contributed by atoms with Crippen LogP contribution in [0.3, 0.4) is 0 Å². The first kappa shape index (κ1) is 26.3. The SMILES string of the molecule is CC(c1cc(CN(C)c2cccc(OC(=O)N(C)C)c2)cc(OC(=O)N2CCCCC2)c1)N(C)C. The van der Waals surface area contributed by atoms with Crippen molar-refractivity contribution < 1.29 is 19.1 Å². The Morgan fingerprint density at radius 2 is 1.63 bits per heavy atom. The van der Waals surface area contributed by atoms with Gasteiger partial charge in [-0.05, 0) is 75.7 Å². The van der Waals surface area contributed by atoms with Crippen LogP contribution >= 0.6 is 0 Å². The van der Waals surface area contributed by atoms with E-state index in [2.05, 4.69) is 22.8 Å². The molecule has 0 radical (unpaired) electrons. The molecule has 8 nitrogen and oxygen atoms in total. The van der Waals surface area contributed by atoms with Crippen LogP contribution in [0, 0.1) is 0 Å². The zero-order valence-corrected chi connectivity index (χ0v) is 21.8. The summed E-state index contributed by atoms with van der Waals surface area (Å²) in [5.41, 5.74) is 3.01. The summed E-state index contributed by atoms with van der Waals surface area (Å²) in [7, 11) is 9.34. The lowest BCUT2D eigenvalue weighted by atomic mass is 10.0. The molecule has 0 aromatic heterocycles. The molecular formula is C27H38N4O4. The van der Waals surface area contributed by atoms with Crippen molar-refractivity contribution in [3.63, 3.8) is 0 Å². The number of hydrogen-bond donors (Lipinski definition) is 0. The normalized spacial score (nSPS) is 14.4. The predicted octanol–water partition coefficient (Wildman–Crippen LogP) is 4.99. The zero-order valence-electron chi connectivity index (χ0n) is 21.8. The van der Waals surface area contributed by atoms with Gasteiger partial charge in [-0.15, -0.1) is 0 Å². The summed E-state index contributed by atoms with van der Waals surface area (Å²) >= 11 is 0. The Morgan fingerprint density at radius 3 is 2.29 bits per heavy atom. The highest BCUT2D eigenvalue weighted by atomic mass is 16.6. The maximum Gasteiger partial charge on any atom is 0.415 e. The van der Waals surface area contributed by atoms with Crippen LogP contribution < -0.4 is 14.4 Å². The number of piperidine rings is 1. The van der Waals surface area contributed by atoms with Gasteiger partial charge >= 0.3 is 12.2 Å². The van der Waals surface area contributed by atoms with Gasteiger partial charge in [-0.25, -0.2) is 9.59 Å². The van der Waals surface area contributed by atoms with Crippen LogP contribution in [0.25, 0.3) is 0 Å². The van der Waals surface area contributed by atoms with E-state index >= 15 is 0 Å². The van der Waals surface area contributed by atoms with E-state index in [9.17, 15) is 9.59 Å². The molecule has 1 fully saturated rings. The molecule has 8 heteroatoms. The molecule has 2 aromatic carbocycles. The van der Waals surface area contributed by atoms with Gasteiger partial charge in [0.05, 0.1) is 0 Å². The van der Waals surface area contributed by atoms with Crippen LogP contribution in [0.4, 0.5) is 15.3 Å². The topological polar surface area (TPSA) is 65.6 Å². The van der Waals surface area contributed by atoms with E-state index < -0.39 is 6.09 Å². The van der Waals surface area contributed by atoms with E-state index in [0.717, 1.165) is 49.2 Å². The van der Waals surface area contributed by atoms with Gasteiger partial charge in [-0.3, -0.25) is 0 Å². The summed E-state index contributed by atoms with van der Waals surface area (Å²) in [5.74, 6) is 1.04. The molecule has 0 saturated carbocycles. The second kappa shape index (κ2) is 11.9. The number of likely N-dealkylation sites (tertiary alicyclic amines) is 1. The van der Waals surface area contributed by atoms with Gasteiger partial charge in [0.1, 0.15) is 11.5 Å². The molecule has 190 valence electrons. The highest BCUT2D eigenvalue weighted by Gasteiger charge is 2.20. The van der Waals surface area contributed by atoms with Gasteiger partial charge < -0.3 is 29.1 Å². The molecule has 2 aromatic rings. The Balaban J connectivity index is 1.80. The summed E-state index contributed by atoms with van der Waals surface area (Å²) in [6.45, 7) is 4.21. The Labute approximate surface area is 209 Å². The third-order valence-electron chi connectivity index (χ3n) is 6.31. The van der Waals surface area contributed by atoms with Crippen molar-refractivity contribution in [2.75, 3.05) is 53.2 Å². The van der Waals surface area contributed by atoms with Crippen LogP contribution in [0.2, 0.25) is 0 Å². The summed E-state index contributed by atoms with van der Waals surface area (Å²) in [5, 5.41) is 0. The van der Waals surface area contributed by atoms with Crippen molar-refractivity contribution in [2.45, 2.75) is 38.8 Å². The zero-order chi connectivity index (χ0) is 25.5. The number of anilines is 1. The minimum Gasteiger partial charge on any atom is -0.410 e. The first-order chi connectivity index (χ1) is 16.6. The number of rotatable bonds is 7. The van der Waals surface area contributed by atoms with E-state index in [1.165, 1.54) is 4.90 Å². The summed E-state index contributed by atoms with van der Waals surface area (Å²) in [6.07, 6.45) is 2.49. The minimum absolute atomic E-state index is 0.154. The fourth-order valence-corrected chi connectivity index (χ4v) is 3.96. The largest absolute Gasteiger partial charge is 0.415 e. The average molecular weight is 483 g/mol. The second-order valence-corrected chi connectivity index (χ2v) is 9.58. The molecule has 1 aliphatic heterocycles. The Bertz CT molecular complexity index is 1020. The van der Waals surface area contributed by atoms with E-state index in [4.69, 9.17) is 9.47 Å². The predicted molar refractivity (Wildman–Crippen MR) is 138 cm³/mol. The van der Waals surface area contributed by atoms with Crippen LogP contribution in [0.1, 0.15) is 43.4 Å². The average Bonchev–Trinajstić information content (AvgIpc) is 2.83. The smallest absolute Gasteiger partial charge is 0.410 e. The number of nitrogens with zero attached hydrogens (tertiary/aromatic N) is 4. The van der Waals surface area contributed by atoms with E-state index in [0.29, 0.717) is 18.0 Å². The van der Waals surface area contributed by atoms with Crippen molar-refractivity contribution in [3.05, 3.63) is 53.6 Å². The Morgan fingerprint density at radius 1 is 0.914 bits per heavy atom. The Kier molecular flexibility index (Phi) is 8.98. The highest BCUT2D eigenvalue weighted by Crippen LogP contribution is 2.28. The number of carbonyl (C=O) groups is 2. The van der Waals surface area contributed by atoms with Gasteiger partial charge in [-0.1, -0.05) is 12.1 Å². The minimum atomic E-state index is -0.421. The quantitative estimate of drug-likeness (QED) is 0.554. The van der Waals surface area contributed by atoms with Gasteiger partial charge in [0.2, 0.25) is 0 Å². The third-order valence-corrected chi connectivity index (χ3v) is 6.31. The number of ether oxygens (including phenoxy) is 2.